The molecule has 1 saturated carbocycles. The number of amides is 1. The lowest BCUT2D eigenvalue weighted by molar-refractivity contribution is 0.0530. The van der Waals surface area contributed by atoms with E-state index in [-0.39, 0.29) is 22.9 Å². The number of fused-ring (bicyclic) bond motifs is 1. The summed E-state index contributed by atoms with van der Waals surface area (Å²) in [6.45, 7) is 8.23. The summed E-state index contributed by atoms with van der Waals surface area (Å²) >= 11 is 13.7. The Labute approximate surface area is 242 Å². The van der Waals surface area contributed by atoms with Crippen LogP contribution >= 0.6 is 34.5 Å². The number of thiazole rings is 1. The number of aromatic amines is 1. The van der Waals surface area contributed by atoms with Crippen molar-refractivity contribution in [3.05, 3.63) is 61.8 Å². The number of aromatic nitrogens is 2. The van der Waals surface area contributed by atoms with E-state index in [2.05, 4.69) is 22.1 Å². The molecule has 2 fully saturated rings. The first-order chi connectivity index (χ1) is 18.8. The highest BCUT2D eigenvalue weighted by molar-refractivity contribution is 7.17. The van der Waals surface area contributed by atoms with E-state index in [1.807, 2.05) is 24.3 Å². The molecule has 3 atom stereocenters. The maximum absolute atomic E-state index is 12.8. The smallest absolute Gasteiger partial charge is 0.350 e. The van der Waals surface area contributed by atoms with E-state index in [1.54, 1.807) is 13.8 Å². The summed E-state index contributed by atoms with van der Waals surface area (Å²) in [5.74, 6) is 0.883. The Balaban J connectivity index is 1.23. The van der Waals surface area contributed by atoms with Gasteiger partial charge in [0.1, 0.15) is 16.3 Å². The molecule has 2 N–H and O–H groups in total. The average Bonchev–Trinajstić information content (AvgIpc) is 3.27. The lowest BCUT2D eigenvalue weighted by Crippen LogP contribution is -2.34. The molecule has 11 heteroatoms. The number of hydrogen-bond acceptors (Lipinski definition) is 7. The maximum Gasteiger partial charge on any atom is 0.350 e. The van der Waals surface area contributed by atoms with Crippen molar-refractivity contribution in [1.29, 1.82) is 0 Å². The largest absolute Gasteiger partial charge is 0.494 e. The van der Waals surface area contributed by atoms with Crippen molar-refractivity contribution < 1.29 is 19.1 Å². The van der Waals surface area contributed by atoms with Gasteiger partial charge in [0, 0.05) is 43.1 Å². The van der Waals surface area contributed by atoms with Crippen LogP contribution in [0.25, 0.3) is 0 Å². The molecule has 1 aliphatic heterocycles. The highest BCUT2D eigenvalue weighted by Crippen LogP contribution is 2.48. The molecule has 39 heavy (non-hydrogen) atoms. The van der Waals surface area contributed by atoms with Gasteiger partial charge in [0.15, 0.2) is 5.13 Å². The number of piperidine rings is 1. The van der Waals surface area contributed by atoms with Crippen LogP contribution in [0.15, 0.2) is 24.3 Å². The highest BCUT2D eigenvalue weighted by Gasteiger charge is 2.57. The molecule has 3 heterocycles. The number of nitrogens with zero attached hydrogens (tertiary/aromatic N) is 2. The Hall–Kier alpha value is -2.75. The minimum atomic E-state index is -0.345. The van der Waals surface area contributed by atoms with Crippen LogP contribution in [0.4, 0.5) is 5.13 Å². The van der Waals surface area contributed by atoms with Crippen molar-refractivity contribution in [3.63, 3.8) is 0 Å². The fourth-order valence-electron chi connectivity index (χ4n) is 5.03. The molecule has 2 aliphatic rings. The summed E-state index contributed by atoms with van der Waals surface area (Å²) in [5, 5.41) is 4.52. The zero-order valence-electron chi connectivity index (χ0n) is 22.2. The van der Waals surface area contributed by atoms with E-state index in [9.17, 15) is 9.59 Å². The van der Waals surface area contributed by atoms with Gasteiger partial charge in [0.05, 0.1) is 29.0 Å². The summed E-state index contributed by atoms with van der Waals surface area (Å²) in [6, 6.07) is 8.02. The number of carbonyl (C=O) groups excluding carboxylic acids is 2. The Morgan fingerprint density at radius 3 is 2.49 bits per heavy atom. The lowest BCUT2D eigenvalue weighted by Gasteiger charge is -2.19. The molecule has 0 radical (unpaired) electrons. The maximum atomic E-state index is 12.8. The molecule has 1 aromatic carbocycles. The number of benzene rings is 1. The van der Waals surface area contributed by atoms with Crippen LogP contribution in [0.3, 0.4) is 0 Å². The van der Waals surface area contributed by atoms with Crippen LogP contribution in [0, 0.1) is 18.8 Å². The molecule has 8 nitrogen and oxygen atoms in total. The zero-order chi connectivity index (χ0) is 27.7. The Bertz CT molecular complexity index is 1340. The fourth-order valence-corrected chi connectivity index (χ4v) is 6.44. The summed E-state index contributed by atoms with van der Waals surface area (Å²) in [4.78, 5) is 36.1. The molecular weight excluding hydrogens is 559 g/mol. The molecule has 208 valence electrons. The monoisotopic (exact) mass is 590 g/mol. The third-order valence-electron chi connectivity index (χ3n) is 7.25. The molecular formula is C28H32Cl2N4O4S. The number of carbonyl (C=O) groups is 2. The number of rotatable bonds is 11. The van der Waals surface area contributed by atoms with Gasteiger partial charge in [-0.2, -0.15) is 0 Å². The van der Waals surface area contributed by atoms with Gasteiger partial charge in [0.2, 0.25) is 0 Å². The van der Waals surface area contributed by atoms with Crippen LogP contribution in [-0.2, 0) is 11.2 Å². The van der Waals surface area contributed by atoms with Gasteiger partial charge in [-0.15, -0.1) is 0 Å². The first kappa shape index (κ1) is 27.8. The first-order valence-electron chi connectivity index (χ1n) is 13.3. The van der Waals surface area contributed by atoms with Crippen molar-refractivity contribution >= 4 is 51.5 Å². The number of anilines is 1. The SMILES string of the molecule is CCCCOc1ccc(Cc2nc(N3C[C@@H]4[C@H](C3)[C@@H]4NC(=O)c3[nH]c(C)c(Cl)c3Cl)sc2C(=O)OCC)cc1. The molecule has 1 amide bonds. The molecule has 1 aliphatic carbocycles. The van der Waals surface area contributed by atoms with Crippen LogP contribution < -0.4 is 15.0 Å². The van der Waals surface area contributed by atoms with Gasteiger partial charge in [-0.25, -0.2) is 9.78 Å². The third-order valence-corrected chi connectivity index (χ3v) is 9.34. The Kier molecular flexibility index (Phi) is 8.40. The number of ether oxygens (including phenoxy) is 2. The van der Waals surface area contributed by atoms with Gasteiger partial charge in [-0.3, -0.25) is 4.79 Å². The number of esters is 1. The highest BCUT2D eigenvalue weighted by atomic mass is 35.5. The van der Waals surface area contributed by atoms with Crippen LogP contribution in [-0.4, -0.2) is 54.2 Å². The van der Waals surface area contributed by atoms with E-state index in [1.165, 1.54) is 11.3 Å². The van der Waals surface area contributed by atoms with Gasteiger partial charge in [-0.1, -0.05) is 60.0 Å². The van der Waals surface area contributed by atoms with E-state index >= 15 is 0 Å². The van der Waals surface area contributed by atoms with E-state index in [0.717, 1.165) is 42.4 Å². The van der Waals surface area contributed by atoms with Crippen molar-refractivity contribution in [1.82, 2.24) is 15.3 Å². The van der Waals surface area contributed by atoms with Gasteiger partial charge in [0.25, 0.3) is 5.91 Å². The van der Waals surface area contributed by atoms with E-state index in [4.69, 9.17) is 37.7 Å². The Morgan fingerprint density at radius 2 is 1.87 bits per heavy atom. The molecule has 3 aromatic rings. The second kappa shape index (κ2) is 11.8. The average molecular weight is 592 g/mol. The Morgan fingerprint density at radius 1 is 1.15 bits per heavy atom. The number of nitrogens with one attached hydrogen (secondary N) is 2. The van der Waals surface area contributed by atoms with Gasteiger partial charge >= 0.3 is 5.97 Å². The molecule has 0 bridgehead atoms. The predicted molar refractivity (Wildman–Crippen MR) is 154 cm³/mol. The predicted octanol–water partition coefficient (Wildman–Crippen LogP) is 5.90. The summed E-state index contributed by atoms with van der Waals surface area (Å²) in [6.07, 6.45) is 2.64. The summed E-state index contributed by atoms with van der Waals surface area (Å²) in [5.41, 5.74) is 2.73. The van der Waals surface area contributed by atoms with Gasteiger partial charge < -0.3 is 24.7 Å². The fraction of sp³-hybridized carbons (Fsp3) is 0.464. The number of unbranched alkanes of at least 4 members (excludes halogenated alkanes) is 1. The molecule has 1 saturated heterocycles. The second-order valence-electron chi connectivity index (χ2n) is 10.0. The van der Waals surface area contributed by atoms with E-state index < -0.39 is 0 Å². The van der Waals surface area contributed by atoms with Crippen molar-refractivity contribution in [2.24, 2.45) is 11.8 Å². The standard InChI is InChI=1S/C28H32Cl2N4O4S/c1-4-6-11-38-17-9-7-16(8-10-17)12-20-25(27(36)37-5-2)39-28(32-20)34-13-18-19(14-34)23(18)33-26(35)24-22(30)21(29)15(3)31-24/h7-10,18-19,23,31H,4-6,11-14H2,1-3H3,(H,33,35)/t18-,19+,23-. The minimum absolute atomic E-state index is 0.0780. The molecule has 2 aromatic heterocycles. The van der Waals surface area contributed by atoms with Crippen LogP contribution in [0.1, 0.15) is 63.8 Å². The van der Waals surface area contributed by atoms with Crippen molar-refractivity contribution in [2.45, 2.75) is 46.1 Å². The van der Waals surface area contributed by atoms with E-state index in [0.29, 0.717) is 58.5 Å². The topological polar surface area (TPSA) is 96.5 Å². The zero-order valence-corrected chi connectivity index (χ0v) is 24.5. The van der Waals surface area contributed by atoms with Crippen molar-refractivity contribution in [3.8, 4) is 5.75 Å². The number of aryl methyl sites for hydroxylation is 1. The summed E-state index contributed by atoms with van der Waals surface area (Å²) < 4.78 is 11.1. The molecule has 0 unspecified atom stereocenters. The van der Waals surface area contributed by atoms with Crippen LogP contribution in [0.5, 0.6) is 5.75 Å². The minimum Gasteiger partial charge on any atom is -0.494 e. The normalized spacial score (nSPS) is 19.6. The summed E-state index contributed by atoms with van der Waals surface area (Å²) in [7, 11) is 0. The quantitative estimate of drug-likeness (QED) is 0.213. The van der Waals surface area contributed by atoms with Gasteiger partial charge in [-0.05, 0) is 38.0 Å². The lowest BCUT2D eigenvalue weighted by atomic mass is 10.1. The molecule has 5 rings (SSSR count). The first-order valence-corrected chi connectivity index (χ1v) is 14.9. The second-order valence-corrected chi connectivity index (χ2v) is 11.7. The third kappa shape index (κ3) is 5.90. The number of halogens is 2. The molecule has 0 spiro atoms. The van der Waals surface area contributed by atoms with Crippen LogP contribution in [0.2, 0.25) is 10.0 Å². The number of hydrogen-bond donors (Lipinski definition) is 2. The number of H-pyrrole nitrogens is 1. The van der Waals surface area contributed by atoms with Crippen molar-refractivity contribution in [2.75, 3.05) is 31.2 Å².